The fourth-order valence-corrected chi connectivity index (χ4v) is 3.80. The van der Waals surface area contributed by atoms with Crippen LogP contribution in [0.1, 0.15) is 39.2 Å². The van der Waals surface area contributed by atoms with Crippen molar-refractivity contribution in [2.24, 2.45) is 16.7 Å². The summed E-state index contributed by atoms with van der Waals surface area (Å²) >= 11 is 0. The fraction of sp³-hybridized carbons (Fsp3) is 0.562. The molecule has 2 nitrogen and oxygen atoms in total. The summed E-state index contributed by atoms with van der Waals surface area (Å²) in [5, 5.41) is 0. The zero-order valence-electron chi connectivity index (χ0n) is 11.5. The van der Waals surface area contributed by atoms with Gasteiger partial charge in [-0.3, -0.25) is 4.79 Å². The van der Waals surface area contributed by atoms with E-state index in [1.165, 1.54) is 5.56 Å². The lowest BCUT2D eigenvalue weighted by atomic mass is 9.38. The van der Waals surface area contributed by atoms with Crippen LogP contribution in [0, 0.1) is 16.7 Å². The predicted octanol–water partition coefficient (Wildman–Crippen LogP) is 3.41. The van der Waals surface area contributed by atoms with Crippen molar-refractivity contribution in [3.63, 3.8) is 0 Å². The number of ketones is 1. The predicted molar refractivity (Wildman–Crippen MR) is 70.7 cm³/mol. The highest BCUT2D eigenvalue weighted by atomic mass is 16.5. The number of rotatable bonds is 0. The normalized spacial score (nSPS) is 31.4. The largest absolute Gasteiger partial charge is 0.486 e. The van der Waals surface area contributed by atoms with Crippen molar-refractivity contribution in [2.45, 2.75) is 33.6 Å². The zero-order chi connectivity index (χ0) is 13.1. The van der Waals surface area contributed by atoms with E-state index in [4.69, 9.17) is 4.74 Å². The number of ether oxygens (including phenoxy) is 1. The Hall–Kier alpha value is -1.31. The maximum Gasteiger partial charge on any atom is 0.174 e. The van der Waals surface area contributed by atoms with Gasteiger partial charge in [-0.05, 0) is 22.5 Å². The van der Waals surface area contributed by atoms with Crippen LogP contribution in [0.5, 0.6) is 5.75 Å². The van der Waals surface area contributed by atoms with Gasteiger partial charge in [-0.1, -0.05) is 45.9 Å². The second-order valence-electron chi connectivity index (χ2n) is 6.69. The highest BCUT2D eigenvalue weighted by Crippen LogP contribution is 2.69. The molecule has 0 unspecified atom stereocenters. The van der Waals surface area contributed by atoms with E-state index in [1.54, 1.807) is 0 Å². The molecule has 0 spiro atoms. The number of benzene rings is 1. The van der Waals surface area contributed by atoms with Crippen molar-refractivity contribution in [1.82, 2.24) is 0 Å². The second kappa shape index (κ2) is 3.37. The lowest BCUT2D eigenvalue weighted by Crippen LogP contribution is -2.60. The number of hydrogen-bond acceptors (Lipinski definition) is 2. The van der Waals surface area contributed by atoms with Gasteiger partial charge < -0.3 is 4.74 Å². The van der Waals surface area contributed by atoms with E-state index in [-0.39, 0.29) is 29.1 Å². The molecule has 0 aromatic heterocycles. The van der Waals surface area contributed by atoms with Crippen LogP contribution >= 0.6 is 0 Å². The molecule has 1 saturated carbocycles. The fourth-order valence-electron chi connectivity index (χ4n) is 3.80. The van der Waals surface area contributed by atoms with Crippen molar-refractivity contribution in [1.29, 1.82) is 0 Å². The first-order valence-corrected chi connectivity index (χ1v) is 6.62. The molecule has 2 aliphatic rings. The second-order valence-corrected chi connectivity index (χ2v) is 6.69. The summed E-state index contributed by atoms with van der Waals surface area (Å²) in [5.74, 6) is 1.53. The van der Waals surface area contributed by atoms with Crippen molar-refractivity contribution < 1.29 is 9.53 Å². The van der Waals surface area contributed by atoms with E-state index in [0.717, 1.165) is 5.75 Å². The molecule has 0 amide bonds. The van der Waals surface area contributed by atoms with Crippen LogP contribution in [0.2, 0.25) is 0 Å². The molecule has 0 N–H and O–H groups in total. The van der Waals surface area contributed by atoms with Gasteiger partial charge in [-0.25, -0.2) is 0 Å². The maximum absolute atomic E-state index is 12.3. The van der Waals surface area contributed by atoms with E-state index >= 15 is 0 Å². The smallest absolute Gasteiger partial charge is 0.174 e. The third kappa shape index (κ3) is 1.21. The first-order chi connectivity index (χ1) is 8.37. The van der Waals surface area contributed by atoms with Crippen LogP contribution < -0.4 is 4.74 Å². The van der Waals surface area contributed by atoms with E-state index in [9.17, 15) is 4.79 Å². The van der Waals surface area contributed by atoms with Crippen molar-refractivity contribution in [3.05, 3.63) is 29.8 Å². The summed E-state index contributed by atoms with van der Waals surface area (Å²) < 4.78 is 5.68. The van der Waals surface area contributed by atoms with Gasteiger partial charge in [0.25, 0.3) is 0 Å². The summed E-state index contributed by atoms with van der Waals surface area (Å²) in [7, 11) is 0. The number of fused-ring (bicyclic) bond motifs is 3. The van der Waals surface area contributed by atoms with Crippen molar-refractivity contribution in [3.8, 4) is 5.75 Å². The van der Waals surface area contributed by atoms with Gasteiger partial charge in [-0.2, -0.15) is 0 Å². The summed E-state index contributed by atoms with van der Waals surface area (Å²) in [6, 6.07) is 8.10. The lowest BCUT2D eigenvalue weighted by molar-refractivity contribution is -0.159. The quantitative estimate of drug-likeness (QED) is 0.699. The van der Waals surface area contributed by atoms with Gasteiger partial charge >= 0.3 is 0 Å². The molecule has 0 saturated heterocycles. The molecule has 1 fully saturated rings. The average molecular weight is 244 g/mol. The molecule has 1 aliphatic carbocycles. The number of carbonyl (C=O) groups is 1. The van der Waals surface area contributed by atoms with Crippen LogP contribution in [0.3, 0.4) is 0 Å². The zero-order valence-corrected chi connectivity index (χ0v) is 11.5. The molecule has 1 heterocycles. The van der Waals surface area contributed by atoms with Crippen LogP contribution in [0.25, 0.3) is 0 Å². The highest BCUT2D eigenvalue weighted by molar-refractivity contribution is 5.87. The third-order valence-corrected chi connectivity index (χ3v) is 5.52. The monoisotopic (exact) mass is 244 g/mol. The van der Waals surface area contributed by atoms with Crippen LogP contribution in [-0.4, -0.2) is 12.4 Å². The minimum absolute atomic E-state index is 0.0373. The minimum atomic E-state index is 0.0373. The Morgan fingerprint density at radius 1 is 1.06 bits per heavy atom. The Morgan fingerprint density at radius 2 is 1.67 bits per heavy atom. The Balaban J connectivity index is 2.16. The number of Topliss-reactive ketones (excluding diaryl/α,β-unsaturated/α-hetero) is 1. The molecule has 0 bridgehead atoms. The maximum atomic E-state index is 12.3. The highest BCUT2D eigenvalue weighted by Gasteiger charge is 2.65. The Labute approximate surface area is 108 Å². The standard InChI is InChI=1S/C16H20O2/c1-15(2)13-10-7-5-6-8-12(10)18-9-11(17)14(13)16(15,3)4/h5-8,13-14H,9H2,1-4H3/t13-,14+/m0/s1. The molecule has 1 aromatic carbocycles. The molecule has 2 heteroatoms. The van der Waals surface area contributed by atoms with E-state index in [0.29, 0.717) is 5.92 Å². The van der Waals surface area contributed by atoms with Crippen molar-refractivity contribution in [2.75, 3.05) is 6.61 Å². The van der Waals surface area contributed by atoms with E-state index in [2.05, 4.69) is 33.8 Å². The molecule has 0 radical (unpaired) electrons. The van der Waals surface area contributed by atoms with Crippen LogP contribution in [0.4, 0.5) is 0 Å². The third-order valence-electron chi connectivity index (χ3n) is 5.52. The van der Waals surface area contributed by atoms with Gasteiger partial charge in [0.15, 0.2) is 5.78 Å². The lowest BCUT2D eigenvalue weighted by Gasteiger charge is -2.64. The Morgan fingerprint density at radius 3 is 2.39 bits per heavy atom. The topological polar surface area (TPSA) is 26.3 Å². The molecule has 96 valence electrons. The molecular weight excluding hydrogens is 224 g/mol. The summed E-state index contributed by atoms with van der Waals surface area (Å²) in [4.78, 5) is 12.3. The van der Waals surface area contributed by atoms with E-state index in [1.807, 2.05) is 18.2 Å². The first kappa shape index (κ1) is 11.8. The first-order valence-electron chi connectivity index (χ1n) is 6.62. The molecule has 2 atom stereocenters. The number of hydrogen-bond donors (Lipinski definition) is 0. The summed E-state index contributed by atoms with van der Waals surface area (Å²) in [5.41, 5.74) is 1.37. The average Bonchev–Trinajstić information content (AvgIpc) is 2.46. The summed E-state index contributed by atoms with van der Waals surface area (Å²) in [6.45, 7) is 9.17. The van der Waals surface area contributed by atoms with E-state index < -0.39 is 0 Å². The molecule has 1 aromatic rings. The van der Waals surface area contributed by atoms with Gasteiger partial charge in [0, 0.05) is 11.8 Å². The van der Waals surface area contributed by atoms with Gasteiger partial charge in [0.05, 0.1) is 0 Å². The Kier molecular flexibility index (Phi) is 2.20. The van der Waals surface area contributed by atoms with Gasteiger partial charge in [-0.15, -0.1) is 0 Å². The molecular formula is C16H20O2. The van der Waals surface area contributed by atoms with Crippen molar-refractivity contribution >= 4 is 5.78 Å². The van der Waals surface area contributed by atoms with Crippen LogP contribution in [0.15, 0.2) is 24.3 Å². The van der Waals surface area contributed by atoms with Crippen LogP contribution in [-0.2, 0) is 4.79 Å². The number of para-hydroxylation sites is 1. The molecule has 3 rings (SSSR count). The molecule has 1 aliphatic heterocycles. The molecule has 18 heavy (non-hydrogen) atoms. The van der Waals surface area contributed by atoms with Gasteiger partial charge in [0.2, 0.25) is 0 Å². The Bertz CT molecular complexity index is 514. The van der Waals surface area contributed by atoms with Gasteiger partial charge in [0.1, 0.15) is 12.4 Å². The summed E-state index contributed by atoms with van der Waals surface area (Å²) in [6.07, 6.45) is 0. The SMILES string of the molecule is CC1(C)[C@@H]2C(=O)COc3ccccc3[C@@H]2C1(C)C. The minimum Gasteiger partial charge on any atom is -0.486 e. The number of carbonyl (C=O) groups excluding carboxylic acids is 1.